The lowest BCUT2D eigenvalue weighted by atomic mass is 9.95. The summed E-state index contributed by atoms with van der Waals surface area (Å²) >= 11 is 0. The normalized spacial score (nSPS) is 15.5. The summed E-state index contributed by atoms with van der Waals surface area (Å²) in [7, 11) is 1.61. The number of hydrogen-bond donors (Lipinski definition) is 1. The number of aromatic nitrogens is 1. The first-order valence-electron chi connectivity index (χ1n) is 8.81. The van der Waals surface area contributed by atoms with Crippen LogP contribution in [0, 0.1) is 5.92 Å². The van der Waals surface area contributed by atoms with Gasteiger partial charge in [-0.1, -0.05) is 30.3 Å². The van der Waals surface area contributed by atoms with E-state index in [9.17, 15) is 4.79 Å². The third-order valence-electron chi connectivity index (χ3n) is 4.56. The zero-order chi connectivity index (χ0) is 18.6. The van der Waals surface area contributed by atoms with Crippen molar-refractivity contribution in [3.8, 4) is 23.0 Å². The third-order valence-corrected chi connectivity index (χ3v) is 4.56. The molecule has 1 N–H and O–H groups in total. The van der Waals surface area contributed by atoms with Gasteiger partial charge in [-0.25, -0.2) is 4.98 Å². The number of rotatable bonds is 5. The van der Waals surface area contributed by atoms with Gasteiger partial charge in [0.25, 0.3) is 0 Å². The first-order valence-corrected chi connectivity index (χ1v) is 8.81. The fraction of sp³-hybridized carbons (Fsp3) is 0.238. The Hall–Kier alpha value is -3.28. The average molecular weight is 364 g/mol. The van der Waals surface area contributed by atoms with E-state index >= 15 is 0 Å². The summed E-state index contributed by atoms with van der Waals surface area (Å²) < 4.78 is 16.6. The smallest absolute Gasteiger partial charge is 0.227 e. The molecule has 0 spiro atoms. The molecule has 6 heteroatoms. The Morgan fingerprint density at radius 2 is 2.07 bits per heavy atom. The summed E-state index contributed by atoms with van der Waals surface area (Å²) in [5.41, 5.74) is 2.57. The minimum Gasteiger partial charge on any atom is -0.493 e. The number of amides is 1. The van der Waals surface area contributed by atoms with Gasteiger partial charge < -0.3 is 19.2 Å². The second-order valence-electron chi connectivity index (χ2n) is 6.39. The van der Waals surface area contributed by atoms with Gasteiger partial charge in [-0.3, -0.25) is 4.79 Å². The Morgan fingerprint density at radius 1 is 1.22 bits per heavy atom. The number of nitrogens with zero attached hydrogens (tertiary/aromatic N) is 1. The van der Waals surface area contributed by atoms with E-state index in [4.69, 9.17) is 13.9 Å². The SMILES string of the molecule is COc1cccc2c1OCC(C(=O)NCc1coc(-c3ccccc3)n1)C2. The van der Waals surface area contributed by atoms with Crippen LogP contribution in [0.4, 0.5) is 0 Å². The van der Waals surface area contributed by atoms with E-state index < -0.39 is 0 Å². The minimum absolute atomic E-state index is 0.0623. The number of benzene rings is 2. The molecule has 0 saturated heterocycles. The van der Waals surface area contributed by atoms with E-state index in [1.165, 1.54) is 0 Å². The van der Waals surface area contributed by atoms with E-state index in [0.29, 0.717) is 36.9 Å². The molecule has 6 nitrogen and oxygen atoms in total. The number of carbonyl (C=O) groups excluding carboxylic acids is 1. The van der Waals surface area contributed by atoms with Gasteiger partial charge in [0.15, 0.2) is 11.5 Å². The summed E-state index contributed by atoms with van der Waals surface area (Å²) in [6, 6.07) is 15.4. The number of hydrogen-bond acceptors (Lipinski definition) is 5. The van der Waals surface area contributed by atoms with E-state index in [2.05, 4.69) is 10.3 Å². The Balaban J connectivity index is 1.37. The molecular weight excluding hydrogens is 344 g/mol. The third kappa shape index (κ3) is 3.65. The molecule has 1 aromatic heterocycles. The molecule has 0 bridgehead atoms. The molecule has 1 amide bonds. The molecular formula is C21H20N2O4. The maximum atomic E-state index is 12.5. The number of carbonyl (C=O) groups is 1. The van der Waals surface area contributed by atoms with Crippen molar-refractivity contribution < 1.29 is 18.7 Å². The Labute approximate surface area is 157 Å². The van der Waals surface area contributed by atoms with Crippen LogP contribution in [-0.2, 0) is 17.8 Å². The fourth-order valence-electron chi connectivity index (χ4n) is 3.15. The lowest BCUT2D eigenvalue weighted by molar-refractivity contribution is -0.126. The molecule has 1 atom stereocenters. The molecule has 1 aliphatic rings. The maximum absolute atomic E-state index is 12.5. The lowest BCUT2D eigenvalue weighted by Gasteiger charge is -2.25. The molecule has 0 aliphatic carbocycles. The standard InChI is InChI=1S/C21H20N2O4/c1-25-18-9-5-8-15-10-16(12-26-19(15)18)20(24)22-11-17-13-27-21(23-17)14-6-3-2-4-7-14/h2-9,13,16H,10-12H2,1H3,(H,22,24). The number of nitrogens with one attached hydrogen (secondary N) is 1. The van der Waals surface area contributed by atoms with Crippen LogP contribution in [0.3, 0.4) is 0 Å². The van der Waals surface area contributed by atoms with Crippen LogP contribution in [-0.4, -0.2) is 24.6 Å². The van der Waals surface area contributed by atoms with Crippen molar-refractivity contribution in [2.45, 2.75) is 13.0 Å². The van der Waals surface area contributed by atoms with E-state index in [-0.39, 0.29) is 11.8 Å². The minimum atomic E-state index is -0.245. The molecule has 2 heterocycles. The quantitative estimate of drug-likeness (QED) is 0.752. The second-order valence-corrected chi connectivity index (χ2v) is 6.39. The molecule has 138 valence electrons. The zero-order valence-corrected chi connectivity index (χ0v) is 15.0. The van der Waals surface area contributed by atoms with Crippen molar-refractivity contribution in [2.24, 2.45) is 5.92 Å². The van der Waals surface area contributed by atoms with Crippen molar-refractivity contribution in [1.82, 2.24) is 10.3 Å². The second kappa shape index (κ2) is 7.53. The largest absolute Gasteiger partial charge is 0.493 e. The van der Waals surface area contributed by atoms with Gasteiger partial charge in [-0.05, 0) is 30.2 Å². The predicted molar refractivity (Wildman–Crippen MR) is 99.5 cm³/mol. The van der Waals surface area contributed by atoms with Gasteiger partial charge in [-0.15, -0.1) is 0 Å². The van der Waals surface area contributed by atoms with Gasteiger partial charge in [0.2, 0.25) is 11.8 Å². The van der Waals surface area contributed by atoms with Gasteiger partial charge in [0, 0.05) is 5.56 Å². The summed E-state index contributed by atoms with van der Waals surface area (Å²) in [5, 5.41) is 2.92. The topological polar surface area (TPSA) is 73.6 Å². The highest BCUT2D eigenvalue weighted by atomic mass is 16.5. The van der Waals surface area contributed by atoms with Crippen LogP contribution >= 0.6 is 0 Å². The van der Waals surface area contributed by atoms with Crippen LogP contribution in [0.5, 0.6) is 11.5 Å². The summed E-state index contributed by atoms with van der Waals surface area (Å²) in [4.78, 5) is 17.0. The number of methoxy groups -OCH3 is 1. The van der Waals surface area contributed by atoms with Gasteiger partial charge in [-0.2, -0.15) is 0 Å². The number of fused-ring (bicyclic) bond motifs is 1. The number of ether oxygens (including phenoxy) is 2. The molecule has 27 heavy (non-hydrogen) atoms. The van der Waals surface area contributed by atoms with Crippen LogP contribution < -0.4 is 14.8 Å². The van der Waals surface area contributed by atoms with E-state index in [1.54, 1.807) is 13.4 Å². The Kier molecular flexibility index (Phi) is 4.78. The lowest BCUT2D eigenvalue weighted by Crippen LogP contribution is -2.37. The predicted octanol–water partition coefficient (Wildman–Crippen LogP) is 3.22. The van der Waals surface area contributed by atoms with Gasteiger partial charge >= 0.3 is 0 Å². The van der Waals surface area contributed by atoms with Gasteiger partial charge in [0.05, 0.1) is 25.3 Å². The average Bonchev–Trinajstić information content (AvgIpc) is 3.21. The van der Waals surface area contributed by atoms with E-state index in [1.807, 2.05) is 48.5 Å². The highest BCUT2D eigenvalue weighted by molar-refractivity contribution is 5.79. The zero-order valence-electron chi connectivity index (χ0n) is 15.0. The summed E-state index contributed by atoms with van der Waals surface area (Å²) in [6.45, 7) is 0.643. The molecule has 0 radical (unpaired) electrons. The molecule has 4 rings (SSSR count). The highest BCUT2D eigenvalue weighted by Crippen LogP contribution is 2.36. The summed E-state index contributed by atoms with van der Waals surface area (Å²) in [5.74, 6) is 1.66. The molecule has 0 saturated carbocycles. The summed E-state index contributed by atoms with van der Waals surface area (Å²) in [6.07, 6.45) is 2.19. The Morgan fingerprint density at radius 3 is 2.89 bits per heavy atom. The fourth-order valence-corrected chi connectivity index (χ4v) is 3.15. The monoisotopic (exact) mass is 364 g/mol. The number of oxazole rings is 1. The first-order chi connectivity index (χ1) is 13.2. The molecule has 1 aliphatic heterocycles. The van der Waals surface area contributed by atoms with Crippen molar-refractivity contribution in [2.75, 3.05) is 13.7 Å². The first kappa shape index (κ1) is 17.1. The van der Waals surface area contributed by atoms with E-state index in [0.717, 1.165) is 16.9 Å². The van der Waals surface area contributed by atoms with Crippen molar-refractivity contribution in [3.63, 3.8) is 0 Å². The Bertz CT molecular complexity index is 936. The van der Waals surface area contributed by atoms with Crippen LogP contribution in [0.25, 0.3) is 11.5 Å². The molecule has 3 aromatic rings. The maximum Gasteiger partial charge on any atom is 0.227 e. The molecule has 1 unspecified atom stereocenters. The number of para-hydroxylation sites is 1. The highest BCUT2D eigenvalue weighted by Gasteiger charge is 2.27. The van der Waals surface area contributed by atoms with Crippen molar-refractivity contribution in [1.29, 1.82) is 0 Å². The molecule has 2 aromatic carbocycles. The van der Waals surface area contributed by atoms with Crippen LogP contribution in [0.2, 0.25) is 0 Å². The van der Waals surface area contributed by atoms with Crippen LogP contribution in [0.15, 0.2) is 59.2 Å². The molecule has 0 fully saturated rings. The van der Waals surface area contributed by atoms with Crippen molar-refractivity contribution in [3.05, 3.63) is 66.1 Å². The van der Waals surface area contributed by atoms with Gasteiger partial charge in [0.1, 0.15) is 12.9 Å². The van der Waals surface area contributed by atoms with Crippen LogP contribution in [0.1, 0.15) is 11.3 Å². The van der Waals surface area contributed by atoms with Crippen molar-refractivity contribution >= 4 is 5.91 Å².